The van der Waals surface area contributed by atoms with Crippen molar-refractivity contribution in [2.24, 2.45) is 0 Å². The third-order valence-corrected chi connectivity index (χ3v) is 3.99. The predicted molar refractivity (Wildman–Crippen MR) is 74.6 cm³/mol. The van der Waals surface area contributed by atoms with Gasteiger partial charge in [0, 0.05) is 10.4 Å². The molecule has 0 aliphatic carbocycles. The van der Waals surface area contributed by atoms with Gasteiger partial charge in [-0.15, -0.1) is 11.3 Å². The molecule has 0 unspecified atom stereocenters. The summed E-state index contributed by atoms with van der Waals surface area (Å²) in [6.07, 6.45) is 1.01. The van der Waals surface area contributed by atoms with Crippen LogP contribution in [0.2, 0.25) is 0 Å². The Balaban J connectivity index is 2.37. The summed E-state index contributed by atoms with van der Waals surface area (Å²) < 4.78 is 0. The van der Waals surface area contributed by atoms with Gasteiger partial charge in [0.15, 0.2) is 0 Å². The molecule has 2 aromatic rings. The number of hydrogen-bond acceptors (Lipinski definition) is 3. The number of nitrogens with zero attached hydrogens (tertiary/aromatic N) is 1. The van der Waals surface area contributed by atoms with E-state index in [1.165, 1.54) is 16.0 Å². The lowest BCUT2D eigenvalue weighted by molar-refractivity contribution is 1.13. The largest absolute Gasteiger partial charge is 0.241 e. The molecule has 0 aliphatic rings. The molecule has 84 valence electrons. The van der Waals surface area contributed by atoms with E-state index in [4.69, 9.17) is 0 Å². The molecule has 3 heteroatoms. The SMILES string of the molecule is Cc1cccc(-c2nc(C)c(CCS)s2)c1. The van der Waals surface area contributed by atoms with E-state index < -0.39 is 0 Å². The molecule has 0 radical (unpaired) electrons. The van der Waals surface area contributed by atoms with E-state index in [0.29, 0.717) is 0 Å². The number of rotatable bonds is 3. The molecule has 0 fully saturated rings. The zero-order valence-electron chi connectivity index (χ0n) is 9.53. The van der Waals surface area contributed by atoms with Crippen molar-refractivity contribution in [2.45, 2.75) is 20.3 Å². The monoisotopic (exact) mass is 249 g/mol. The molecule has 1 heterocycles. The van der Waals surface area contributed by atoms with Crippen LogP contribution in [-0.2, 0) is 6.42 Å². The third-order valence-electron chi connectivity index (χ3n) is 2.50. The number of aromatic nitrogens is 1. The van der Waals surface area contributed by atoms with Gasteiger partial charge in [0.25, 0.3) is 0 Å². The van der Waals surface area contributed by atoms with Gasteiger partial charge in [-0.25, -0.2) is 4.98 Å². The Morgan fingerprint density at radius 1 is 1.31 bits per heavy atom. The molecule has 2 rings (SSSR count). The van der Waals surface area contributed by atoms with E-state index >= 15 is 0 Å². The lowest BCUT2D eigenvalue weighted by atomic mass is 10.1. The second kappa shape index (κ2) is 5.02. The third kappa shape index (κ3) is 2.47. The van der Waals surface area contributed by atoms with Gasteiger partial charge < -0.3 is 0 Å². The fourth-order valence-corrected chi connectivity index (χ4v) is 3.10. The zero-order chi connectivity index (χ0) is 11.5. The second-order valence-corrected chi connectivity index (χ2v) is 5.40. The molecule has 0 atom stereocenters. The highest BCUT2D eigenvalue weighted by Gasteiger charge is 2.08. The van der Waals surface area contributed by atoms with Crippen molar-refractivity contribution in [2.75, 3.05) is 5.75 Å². The average molecular weight is 249 g/mol. The highest BCUT2D eigenvalue weighted by atomic mass is 32.1. The smallest absolute Gasteiger partial charge is 0.123 e. The standard InChI is InChI=1S/C13H15NS2/c1-9-4-3-5-11(8-9)13-14-10(2)12(16-13)6-7-15/h3-5,8,15H,6-7H2,1-2H3. The molecule has 0 saturated heterocycles. The fourth-order valence-electron chi connectivity index (χ4n) is 1.66. The van der Waals surface area contributed by atoms with Crippen molar-refractivity contribution in [3.8, 4) is 10.6 Å². The number of thiazole rings is 1. The summed E-state index contributed by atoms with van der Waals surface area (Å²) in [6.45, 7) is 4.19. The van der Waals surface area contributed by atoms with Gasteiger partial charge >= 0.3 is 0 Å². The predicted octanol–water partition coefficient (Wildman–Crippen LogP) is 3.90. The van der Waals surface area contributed by atoms with E-state index in [1.807, 2.05) is 0 Å². The van der Waals surface area contributed by atoms with Crippen LogP contribution in [-0.4, -0.2) is 10.7 Å². The highest BCUT2D eigenvalue weighted by molar-refractivity contribution is 7.80. The van der Waals surface area contributed by atoms with Gasteiger partial charge in [-0.2, -0.15) is 12.6 Å². The summed E-state index contributed by atoms with van der Waals surface area (Å²) in [5.41, 5.74) is 3.65. The number of hydrogen-bond donors (Lipinski definition) is 1. The van der Waals surface area contributed by atoms with Crippen molar-refractivity contribution in [3.05, 3.63) is 40.4 Å². The fraction of sp³-hybridized carbons (Fsp3) is 0.308. The summed E-state index contributed by atoms with van der Waals surface area (Å²) in [5.74, 6) is 0.885. The Labute approximate surface area is 106 Å². The Hall–Kier alpha value is -0.800. The van der Waals surface area contributed by atoms with Crippen LogP contribution in [0, 0.1) is 13.8 Å². The maximum atomic E-state index is 4.63. The minimum absolute atomic E-state index is 0.885. The molecular formula is C13H15NS2. The molecule has 16 heavy (non-hydrogen) atoms. The first kappa shape index (κ1) is 11.7. The Bertz CT molecular complexity index is 488. The maximum Gasteiger partial charge on any atom is 0.123 e. The molecule has 0 bridgehead atoms. The highest BCUT2D eigenvalue weighted by Crippen LogP contribution is 2.28. The number of thiol groups is 1. The van der Waals surface area contributed by atoms with E-state index in [1.54, 1.807) is 11.3 Å². The molecule has 0 aliphatic heterocycles. The molecule has 1 aromatic heterocycles. The molecule has 0 saturated carbocycles. The van der Waals surface area contributed by atoms with Crippen molar-refractivity contribution < 1.29 is 0 Å². The first-order chi connectivity index (χ1) is 7.70. The Morgan fingerprint density at radius 3 is 2.81 bits per heavy atom. The van der Waals surface area contributed by atoms with Crippen molar-refractivity contribution >= 4 is 24.0 Å². The second-order valence-electron chi connectivity index (χ2n) is 3.87. The van der Waals surface area contributed by atoms with Crippen LogP contribution >= 0.6 is 24.0 Å². The molecule has 1 aromatic carbocycles. The minimum atomic E-state index is 0.885. The van der Waals surface area contributed by atoms with Crippen LogP contribution in [0.3, 0.4) is 0 Å². The van der Waals surface area contributed by atoms with Crippen LogP contribution in [0.15, 0.2) is 24.3 Å². The van der Waals surface area contributed by atoms with Gasteiger partial charge in [-0.3, -0.25) is 0 Å². The maximum absolute atomic E-state index is 4.63. The van der Waals surface area contributed by atoms with E-state index in [0.717, 1.165) is 22.9 Å². The van der Waals surface area contributed by atoms with Crippen LogP contribution in [0.5, 0.6) is 0 Å². The Kier molecular flexibility index (Phi) is 3.66. The zero-order valence-corrected chi connectivity index (χ0v) is 11.2. The summed E-state index contributed by atoms with van der Waals surface area (Å²) in [6, 6.07) is 8.50. The van der Waals surface area contributed by atoms with Crippen LogP contribution in [0.25, 0.3) is 10.6 Å². The summed E-state index contributed by atoms with van der Waals surface area (Å²) in [4.78, 5) is 5.98. The lowest BCUT2D eigenvalue weighted by Crippen LogP contribution is -1.84. The van der Waals surface area contributed by atoms with Crippen LogP contribution < -0.4 is 0 Å². The first-order valence-electron chi connectivity index (χ1n) is 5.35. The molecule has 0 amide bonds. The topological polar surface area (TPSA) is 12.9 Å². The van der Waals surface area contributed by atoms with Gasteiger partial charge in [-0.05, 0) is 32.1 Å². The minimum Gasteiger partial charge on any atom is -0.241 e. The van der Waals surface area contributed by atoms with E-state index in [-0.39, 0.29) is 0 Å². The Morgan fingerprint density at radius 2 is 2.12 bits per heavy atom. The van der Waals surface area contributed by atoms with Gasteiger partial charge in [0.05, 0.1) is 5.69 Å². The van der Waals surface area contributed by atoms with Crippen LogP contribution in [0.1, 0.15) is 16.1 Å². The molecule has 0 spiro atoms. The number of benzene rings is 1. The van der Waals surface area contributed by atoms with Crippen molar-refractivity contribution in [1.82, 2.24) is 4.98 Å². The molecular weight excluding hydrogens is 234 g/mol. The van der Waals surface area contributed by atoms with Crippen molar-refractivity contribution in [1.29, 1.82) is 0 Å². The molecule has 1 nitrogen and oxygen atoms in total. The lowest BCUT2D eigenvalue weighted by Gasteiger charge is -1.97. The van der Waals surface area contributed by atoms with Gasteiger partial charge in [0.2, 0.25) is 0 Å². The average Bonchev–Trinajstić information content (AvgIpc) is 2.61. The van der Waals surface area contributed by atoms with E-state index in [9.17, 15) is 0 Å². The van der Waals surface area contributed by atoms with Gasteiger partial charge in [-0.1, -0.05) is 23.8 Å². The number of aryl methyl sites for hydroxylation is 3. The quantitative estimate of drug-likeness (QED) is 0.814. The van der Waals surface area contributed by atoms with Crippen molar-refractivity contribution in [3.63, 3.8) is 0 Å². The first-order valence-corrected chi connectivity index (χ1v) is 6.80. The summed E-state index contributed by atoms with van der Waals surface area (Å²) in [7, 11) is 0. The van der Waals surface area contributed by atoms with Crippen LogP contribution in [0.4, 0.5) is 0 Å². The van der Waals surface area contributed by atoms with E-state index in [2.05, 4.69) is 55.7 Å². The summed E-state index contributed by atoms with van der Waals surface area (Å²) in [5, 5.41) is 1.12. The normalized spacial score (nSPS) is 10.7. The van der Waals surface area contributed by atoms with Gasteiger partial charge in [0.1, 0.15) is 5.01 Å². The summed E-state index contributed by atoms with van der Waals surface area (Å²) >= 11 is 6.06. The molecule has 0 N–H and O–H groups in total.